The van der Waals surface area contributed by atoms with Gasteiger partial charge < -0.3 is 10.1 Å². The highest BCUT2D eigenvalue weighted by molar-refractivity contribution is 5.78. The van der Waals surface area contributed by atoms with E-state index in [4.69, 9.17) is 4.74 Å². The first-order valence-electron chi connectivity index (χ1n) is 8.86. The van der Waals surface area contributed by atoms with E-state index in [1.165, 1.54) is 12.1 Å². The molecule has 1 amide bonds. The number of amides is 1. The van der Waals surface area contributed by atoms with Gasteiger partial charge in [0.05, 0.1) is 12.2 Å². The summed E-state index contributed by atoms with van der Waals surface area (Å²) in [6, 6.07) is 3.53. The number of carbonyl (C=O) groups is 1. The van der Waals surface area contributed by atoms with E-state index >= 15 is 0 Å². The molecule has 0 unspecified atom stereocenters. The standard InChI is InChI=1S/C19H25F2NO2/c1-11(2)19(23)22-16-10-18(12-7-13(20)9-14(21)8-12)24-17-6-4-3-5-15(16)17/h7-9,11,15-18H,3-6,10H2,1-2H3,(H,22,23)/t15-,16+,17+,18+/m0/s1. The highest BCUT2D eigenvalue weighted by atomic mass is 19.1. The molecule has 132 valence electrons. The molecule has 1 aliphatic heterocycles. The maximum absolute atomic E-state index is 13.6. The Balaban J connectivity index is 1.82. The van der Waals surface area contributed by atoms with Gasteiger partial charge in [0.25, 0.3) is 0 Å². The second kappa shape index (κ2) is 7.18. The van der Waals surface area contributed by atoms with Crippen LogP contribution in [0, 0.1) is 23.5 Å². The fourth-order valence-corrected chi connectivity index (χ4v) is 3.92. The third-order valence-corrected chi connectivity index (χ3v) is 5.19. The molecule has 4 atom stereocenters. The molecule has 1 N–H and O–H groups in total. The Kier molecular flexibility index (Phi) is 5.18. The van der Waals surface area contributed by atoms with Gasteiger partial charge >= 0.3 is 0 Å². The van der Waals surface area contributed by atoms with E-state index in [9.17, 15) is 13.6 Å². The van der Waals surface area contributed by atoms with Crippen LogP contribution in [-0.4, -0.2) is 18.1 Å². The fraction of sp³-hybridized carbons (Fsp3) is 0.632. The van der Waals surface area contributed by atoms with Crippen molar-refractivity contribution in [2.75, 3.05) is 0 Å². The number of carbonyl (C=O) groups excluding carboxylic acids is 1. The molecule has 0 bridgehead atoms. The number of halogens is 2. The van der Waals surface area contributed by atoms with Gasteiger partial charge in [-0.15, -0.1) is 0 Å². The Hall–Kier alpha value is -1.49. The zero-order valence-corrected chi connectivity index (χ0v) is 14.2. The molecule has 1 saturated heterocycles. The summed E-state index contributed by atoms with van der Waals surface area (Å²) < 4.78 is 33.3. The average molecular weight is 337 g/mol. The zero-order valence-electron chi connectivity index (χ0n) is 14.2. The maximum atomic E-state index is 13.6. The van der Waals surface area contributed by atoms with Gasteiger partial charge in [-0.3, -0.25) is 4.79 Å². The zero-order chi connectivity index (χ0) is 17.3. The molecule has 0 radical (unpaired) electrons. The Bertz CT molecular complexity index is 585. The van der Waals surface area contributed by atoms with E-state index in [0.29, 0.717) is 12.0 Å². The Morgan fingerprint density at radius 3 is 2.50 bits per heavy atom. The molecule has 24 heavy (non-hydrogen) atoms. The Morgan fingerprint density at radius 2 is 1.83 bits per heavy atom. The molecule has 0 spiro atoms. The van der Waals surface area contributed by atoms with Crippen molar-refractivity contribution in [2.24, 2.45) is 11.8 Å². The molecule has 1 aromatic carbocycles. The summed E-state index contributed by atoms with van der Waals surface area (Å²) in [6.07, 6.45) is 4.41. The molecular weight excluding hydrogens is 312 g/mol. The minimum atomic E-state index is -0.595. The summed E-state index contributed by atoms with van der Waals surface area (Å²) in [7, 11) is 0. The number of nitrogens with one attached hydrogen (secondary N) is 1. The number of fused-ring (bicyclic) bond motifs is 1. The van der Waals surface area contributed by atoms with Crippen LogP contribution in [-0.2, 0) is 9.53 Å². The Labute approximate surface area is 141 Å². The van der Waals surface area contributed by atoms with Crippen LogP contribution in [0.1, 0.15) is 57.6 Å². The minimum Gasteiger partial charge on any atom is -0.370 e. The van der Waals surface area contributed by atoms with Crippen molar-refractivity contribution < 1.29 is 18.3 Å². The van der Waals surface area contributed by atoms with Gasteiger partial charge in [0.1, 0.15) is 11.6 Å². The first-order chi connectivity index (χ1) is 11.4. The van der Waals surface area contributed by atoms with E-state index in [1.807, 2.05) is 13.8 Å². The predicted molar refractivity (Wildman–Crippen MR) is 87.3 cm³/mol. The van der Waals surface area contributed by atoms with Crippen LogP contribution in [0.5, 0.6) is 0 Å². The lowest BCUT2D eigenvalue weighted by Crippen LogP contribution is -2.52. The summed E-state index contributed by atoms with van der Waals surface area (Å²) in [4.78, 5) is 12.2. The monoisotopic (exact) mass is 337 g/mol. The lowest BCUT2D eigenvalue weighted by atomic mass is 9.76. The van der Waals surface area contributed by atoms with Gasteiger partial charge in [-0.2, -0.15) is 0 Å². The second-order valence-electron chi connectivity index (χ2n) is 7.32. The van der Waals surface area contributed by atoms with Crippen LogP contribution in [0.2, 0.25) is 0 Å². The van der Waals surface area contributed by atoms with Crippen molar-refractivity contribution >= 4 is 5.91 Å². The first kappa shape index (κ1) is 17.3. The maximum Gasteiger partial charge on any atom is 0.222 e. The molecule has 2 aliphatic rings. The summed E-state index contributed by atoms with van der Waals surface area (Å²) in [5.41, 5.74) is 0.514. The van der Waals surface area contributed by atoms with Crippen LogP contribution < -0.4 is 5.32 Å². The summed E-state index contributed by atoms with van der Waals surface area (Å²) in [6.45, 7) is 3.74. The van der Waals surface area contributed by atoms with Gasteiger partial charge in [0, 0.05) is 23.9 Å². The molecule has 0 aromatic heterocycles. The van der Waals surface area contributed by atoms with Crippen molar-refractivity contribution in [3.05, 3.63) is 35.4 Å². The Morgan fingerprint density at radius 1 is 1.17 bits per heavy atom. The fourth-order valence-electron chi connectivity index (χ4n) is 3.92. The molecule has 1 aromatic rings. The van der Waals surface area contributed by atoms with Crippen molar-refractivity contribution in [1.29, 1.82) is 0 Å². The van der Waals surface area contributed by atoms with E-state index < -0.39 is 11.6 Å². The SMILES string of the molecule is CC(C)C(=O)N[C@@H]1C[C@H](c2cc(F)cc(F)c2)O[C@@H]2CCCC[C@@H]12. The van der Waals surface area contributed by atoms with Crippen LogP contribution in [0.15, 0.2) is 18.2 Å². The van der Waals surface area contributed by atoms with Gasteiger partial charge in [0.15, 0.2) is 0 Å². The third kappa shape index (κ3) is 3.77. The number of benzene rings is 1. The van der Waals surface area contributed by atoms with E-state index in [2.05, 4.69) is 5.32 Å². The van der Waals surface area contributed by atoms with Crippen molar-refractivity contribution in [1.82, 2.24) is 5.32 Å². The number of rotatable bonds is 3. The van der Waals surface area contributed by atoms with Gasteiger partial charge in [-0.25, -0.2) is 8.78 Å². The van der Waals surface area contributed by atoms with Crippen molar-refractivity contribution in [2.45, 2.75) is 64.2 Å². The van der Waals surface area contributed by atoms with E-state index in [0.717, 1.165) is 31.7 Å². The molecule has 3 rings (SSSR count). The van der Waals surface area contributed by atoms with E-state index in [-0.39, 0.29) is 36.0 Å². The van der Waals surface area contributed by atoms with Gasteiger partial charge in [-0.05, 0) is 37.0 Å². The lowest BCUT2D eigenvalue weighted by Gasteiger charge is -2.45. The van der Waals surface area contributed by atoms with Crippen LogP contribution in [0.4, 0.5) is 8.78 Å². The molecule has 3 nitrogen and oxygen atoms in total. The summed E-state index contributed by atoms with van der Waals surface area (Å²) in [5.74, 6) is -0.962. The van der Waals surface area contributed by atoms with Crippen molar-refractivity contribution in [3.8, 4) is 0 Å². The number of hydrogen-bond donors (Lipinski definition) is 1. The molecular formula is C19H25F2NO2. The van der Waals surface area contributed by atoms with Crippen LogP contribution in [0.25, 0.3) is 0 Å². The number of hydrogen-bond acceptors (Lipinski definition) is 2. The van der Waals surface area contributed by atoms with Crippen LogP contribution in [0.3, 0.4) is 0 Å². The predicted octanol–water partition coefficient (Wildman–Crippen LogP) is 4.13. The highest BCUT2D eigenvalue weighted by Crippen LogP contribution is 2.41. The largest absolute Gasteiger partial charge is 0.370 e. The molecule has 2 fully saturated rings. The van der Waals surface area contributed by atoms with Crippen molar-refractivity contribution in [3.63, 3.8) is 0 Å². The highest BCUT2D eigenvalue weighted by Gasteiger charge is 2.41. The molecule has 5 heteroatoms. The third-order valence-electron chi connectivity index (χ3n) is 5.19. The quantitative estimate of drug-likeness (QED) is 0.901. The molecule has 1 saturated carbocycles. The average Bonchev–Trinajstić information content (AvgIpc) is 2.53. The van der Waals surface area contributed by atoms with Gasteiger partial charge in [0.2, 0.25) is 5.91 Å². The minimum absolute atomic E-state index is 0.00437. The van der Waals surface area contributed by atoms with Crippen LogP contribution >= 0.6 is 0 Å². The lowest BCUT2D eigenvalue weighted by molar-refractivity contribution is -0.135. The summed E-state index contributed by atoms with van der Waals surface area (Å²) in [5, 5.41) is 3.14. The molecule has 1 heterocycles. The van der Waals surface area contributed by atoms with Gasteiger partial charge in [-0.1, -0.05) is 26.7 Å². The first-order valence-corrected chi connectivity index (χ1v) is 8.86. The number of ether oxygens (including phenoxy) is 1. The van der Waals surface area contributed by atoms with E-state index in [1.54, 1.807) is 0 Å². The normalized spacial score (nSPS) is 30.0. The summed E-state index contributed by atoms with van der Waals surface area (Å²) >= 11 is 0. The molecule has 1 aliphatic carbocycles. The smallest absolute Gasteiger partial charge is 0.222 e. The second-order valence-corrected chi connectivity index (χ2v) is 7.32. The topological polar surface area (TPSA) is 38.3 Å².